The van der Waals surface area contributed by atoms with E-state index in [9.17, 15) is 8.42 Å². The molecule has 0 bridgehead atoms. The highest BCUT2D eigenvalue weighted by Crippen LogP contribution is 2.16. The van der Waals surface area contributed by atoms with Gasteiger partial charge in [-0.15, -0.1) is 0 Å². The van der Waals surface area contributed by atoms with Crippen molar-refractivity contribution >= 4 is 10.1 Å². The van der Waals surface area contributed by atoms with Crippen LogP contribution >= 0.6 is 0 Å². The van der Waals surface area contributed by atoms with E-state index in [1.165, 1.54) is 0 Å². The molecule has 0 fully saturated rings. The van der Waals surface area contributed by atoms with Gasteiger partial charge in [0.05, 0.1) is 0 Å². The number of nitrogens with zero attached hydrogens (tertiary/aromatic N) is 1. The minimum absolute atomic E-state index is 0.190. The van der Waals surface area contributed by atoms with E-state index in [0.29, 0.717) is 13.0 Å². The first-order chi connectivity index (χ1) is 5.38. The van der Waals surface area contributed by atoms with Gasteiger partial charge in [0.25, 0.3) is 10.1 Å². The Morgan fingerprint density at radius 1 is 1.42 bits per heavy atom. The Balaban J connectivity index is 4.24. The molecule has 1 radical (unpaired) electrons. The van der Waals surface area contributed by atoms with Gasteiger partial charge in [-0.25, -0.2) is 0 Å². The van der Waals surface area contributed by atoms with Gasteiger partial charge in [-0.05, 0) is 20.5 Å². The molecule has 0 aliphatic heterocycles. The van der Waals surface area contributed by atoms with Crippen LogP contribution in [0.15, 0.2) is 0 Å². The Morgan fingerprint density at radius 2 is 1.92 bits per heavy atom. The van der Waals surface area contributed by atoms with Gasteiger partial charge in [0.1, 0.15) is 5.25 Å². The van der Waals surface area contributed by atoms with Gasteiger partial charge in [0.2, 0.25) is 0 Å². The van der Waals surface area contributed by atoms with Crippen LogP contribution in [0.3, 0.4) is 0 Å². The molecule has 0 aromatic rings. The summed E-state index contributed by atoms with van der Waals surface area (Å²) in [7, 11) is -0.418. The standard InChI is InChI=1S/C7H16NO3S/c1-4-5-7(6-8(2)3)12(9,10)11/h4-6H2,1-3H3,(H,9,10,11). The molecule has 0 aliphatic rings. The summed E-state index contributed by atoms with van der Waals surface area (Å²) in [6, 6.07) is 0. The number of rotatable bonds is 5. The van der Waals surface area contributed by atoms with Crippen molar-refractivity contribution in [3.05, 3.63) is 5.25 Å². The molecule has 73 valence electrons. The smallest absolute Gasteiger partial charge is 0.273 e. The molecule has 0 atom stereocenters. The van der Waals surface area contributed by atoms with Crippen molar-refractivity contribution in [2.24, 2.45) is 0 Å². The number of hydrogen-bond acceptors (Lipinski definition) is 3. The molecule has 5 heteroatoms. The molecule has 4 nitrogen and oxygen atoms in total. The van der Waals surface area contributed by atoms with Gasteiger partial charge in [0, 0.05) is 6.54 Å². The molecular formula is C7H16NO3S. The van der Waals surface area contributed by atoms with E-state index in [2.05, 4.69) is 0 Å². The van der Waals surface area contributed by atoms with Gasteiger partial charge in [-0.2, -0.15) is 8.42 Å². The van der Waals surface area contributed by atoms with E-state index in [1.807, 2.05) is 6.92 Å². The fourth-order valence-corrected chi connectivity index (χ4v) is 1.80. The Labute approximate surface area is 74.3 Å². The molecule has 0 aromatic heterocycles. The van der Waals surface area contributed by atoms with Gasteiger partial charge in [-0.1, -0.05) is 13.3 Å². The van der Waals surface area contributed by atoms with Crippen LogP contribution in [0.4, 0.5) is 0 Å². The third kappa shape index (κ3) is 4.69. The summed E-state index contributed by atoms with van der Waals surface area (Å²) in [5.74, 6) is 0. The minimum atomic E-state index is -3.95. The Kier molecular flexibility index (Phi) is 4.74. The Bertz CT molecular complexity index is 211. The van der Waals surface area contributed by atoms with Crippen molar-refractivity contribution in [1.29, 1.82) is 0 Å². The fourth-order valence-electron chi connectivity index (χ4n) is 0.921. The second-order valence-electron chi connectivity index (χ2n) is 3.00. The SMILES string of the molecule is CCC[C](CN(C)C)S(=O)(=O)O. The monoisotopic (exact) mass is 194 g/mol. The molecule has 0 saturated heterocycles. The topological polar surface area (TPSA) is 57.6 Å². The second-order valence-corrected chi connectivity index (χ2v) is 4.53. The van der Waals surface area contributed by atoms with Crippen molar-refractivity contribution in [2.45, 2.75) is 19.8 Å². The summed E-state index contributed by atoms with van der Waals surface area (Å²) in [5, 5.41) is 0.190. The van der Waals surface area contributed by atoms with Gasteiger partial charge in [0.15, 0.2) is 0 Å². The van der Waals surface area contributed by atoms with Crippen molar-refractivity contribution in [3.8, 4) is 0 Å². The predicted octanol–water partition coefficient (Wildman–Crippen LogP) is 0.768. The summed E-state index contributed by atoms with van der Waals surface area (Å²) >= 11 is 0. The predicted molar refractivity (Wildman–Crippen MR) is 48.3 cm³/mol. The van der Waals surface area contributed by atoms with Crippen molar-refractivity contribution in [2.75, 3.05) is 20.6 Å². The van der Waals surface area contributed by atoms with E-state index in [4.69, 9.17) is 4.55 Å². The van der Waals surface area contributed by atoms with Gasteiger partial charge >= 0.3 is 0 Å². The first-order valence-corrected chi connectivity index (χ1v) is 5.28. The summed E-state index contributed by atoms with van der Waals surface area (Å²) in [4.78, 5) is 1.72. The third-order valence-electron chi connectivity index (χ3n) is 1.39. The van der Waals surface area contributed by atoms with E-state index >= 15 is 0 Å². The molecule has 0 unspecified atom stereocenters. The quantitative estimate of drug-likeness (QED) is 0.657. The van der Waals surface area contributed by atoms with E-state index in [0.717, 1.165) is 6.42 Å². The molecule has 12 heavy (non-hydrogen) atoms. The Hall–Kier alpha value is -0.130. The van der Waals surface area contributed by atoms with Gasteiger partial charge < -0.3 is 4.90 Å². The lowest BCUT2D eigenvalue weighted by Crippen LogP contribution is -2.25. The zero-order chi connectivity index (χ0) is 9.78. The maximum atomic E-state index is 10.7. The van der Waals surface area contributed by atoms with E-state index in [1.54, 1.807) is 19.0 Å². The van der Waals surface area contributed by atoms with Crippen molar-refractivity contribution in [1.82, 2.24) is 4.90 Å². The lowest BCUT2D eigenvalue weighted by Gasteiger charge is -2.16. The summed E-state index contributed by atoms with van der Waals surface area (Å²) < 4.78 is 30.3. The van der Waals surface area contributed by atoms with Crippen molar-refractivity contribution in [3.63, 3.8) is 0 Å². The molecule has 0 rings (SSSR count). The third-order valence-corrected chi connectivity index (χ3v) is 2.45. The van der Waals surface area contributed by atoms with Crippen LogP contribution in [-0.4, -0.2) is 38.5 Å². The summed E-state index contributed by atoms with van der Waals surface area (Å²) in [6.45, 7) is 2.17. The summed E-state index contributed by atoms with van der Waals surface area (Å²) in [6.07, 6.45) is 1.15. The van der Waals surface area contributed by atoms with Crippen LogP contribution in [0.25, 0.3) is 0 Å². The first-order valence-electron chi connectivity index (χ1n) is 3.84. The molecule has 0 aromatic carbocycles. The van der Waals surface area contributed by atoms with E-state index in [-0.39, 0.29) is 5.25 Å². The maximum absolute atomic E-state index is 10.7. The lowest BCUT2D eigenvalue weighted by molar-refractivity contribution is 0.408. The van der Waals surface area contributed by atoms with Crippen LogP contribution in [0.5, 0.6) is 0 Å². The molecule has 0 spiro atoms. The molecule has 1 N–H and O–H groups in total. The van der Waals surface area contributed by atoms with Crippen molar-refractivity contribution < 1.29 is 13.0 Å². The minimum Gasteiger partial charge on any atom is -0.308 e. The maximum Gasteiger partial charge on any atom is 0.273 e. The second kappa shape index (κ2) is 4.79. The largest absolute Gasteiger partial charge is 0.308 e. The van der Waals surface area contributed by atoms with Crippen LogP contribution in [0.1, 0.15) is 19.8 Å². The zero-order valence-corrected chi connectivity index (χ0v) is 8.56. The number of hydrogen-bond donors (Lipinski definition) is 1. The van der Waals surface area contributed by atoms with Gasteiger partial charge in [-0.3, -0.25) is 4.55 Å². The zero-order valence-electron chi connectivity index (χ0n) is 7.74. The summed E-state index contributed by atoms with van der Waals surface area (Å²) in [5.41, 5.74) is 0. The highest BCUT2D eigenvalue weighted by atomic mass is 32.2. The van der Waals surface area contributed by atoms with Crippen LogP contribution in [-0.2, 0) is 10.1 Å². The average molecular weight is 194 g/mol. The van der Waals surface area contributed by atoms with Crippen LogP contribution in [0.2, 0.25) is 0 Å². The molecule has 0 aliphatic carbocycles. The molecule has 0 heterocycles. The van der Waals surface area contributed by atoms with Crippen LogP contribution in [0, 0.1) is 5.25 Å². The molecular weight excluding hydrogens is 178 g/mol. The average Bonchev–Trinajstić information content (AvgIpc) is 1.83. The molecule has 0 amide bonds. The first kappa shape index (κ1) is 11.9. The highest BCUT2D eigenvalue weighted by molar-refractivity contribution is 7.88. The van der Waals surface area contributed by atoms with E-state index < -0.39 is 10.1 Å². The van der Waals surface area contributed by atoms with Crippen LogP contribution < -0.4 is 0 Å². The lowest BCUT2D eigenvalue weighted by atomic mass is 10.2. The Morgan fingerprint density at radius 3 is 2.17 bits per heavy atom. The fraction of sp³-hybridized carbons (Fsp3) is 0.857. The highest BCUT2D eigenvalue weighted by Gasteiger charge is 2.23. The normalized spacial score (nSPS) is 12.8. The molecule has 0 saturated carbocycles.